The van der Waals surface area contributed by atoms with Gasteiger partial charge in [-0.25, -0.2) is 13.1 Å². The Kier molecular flexibility index (Phi) is 4.72. The van der Waals surface area contributed by atoms with E-state index in [-0.39, 0.29) is 10.8 Å². The molecular weight excluding hydrogens is 398 g/mol. The summed E-state index contributed by atoms with van der Waals surface area (Å²) in [6, 6.07) is 12.3. The van der Waals surface area contributed by atoms with Gasteiger partial charge in [0.1, 0.15) is 0 Å². The molecule has 0 atom stereocenters. The van der Waals surface area contributed by atoms with Gasteiger partial charge in [-0.05, 0) is 35.7 Å². The van der Waals surface area contributed by atoms with Crippen LogP contribution in [0.25, 0.3) is 5.69 Å². The fourth-order valence-corrected chi connectivity index (χ4v) is 4.60. The SMILES string of the molecule is CS(=O)(=O)c1ccccc1-n1cc(C(=O)N2CCc3c(Cl)cccc3C2)cn1. The lowest BCUT2D eigenvalue weighted by Gasteiger charge is -2.29. The Morgan fingerprint density at radius 1 is 1.14 bits per heavy atom. The third kappa shape index (κ3) is 3.43. The molecule has 6 nitrogen and oxygen atoms in total. The number of fused-ring (bicyclic) bond motifs is 1. The minimum atomic E-state index is -3.42. The number of benzene rings is 2. The first-order valence-corrected chi connectivity index (χ1v) is 11.0. The van der Waals surface area contributed by atoms with Crippen molar-refractivity contribution in [2.45, 2.75) is 17.9 Å². The second-order valence-electron chi connectivity index (χ2n) is 6.77. The van der Waals surface area contributed by atoms with E-state index < -0.39 is 9.84 Å². The Bertz CT molecular complexity index is 1170. The molecule has 0 unspecified atom stereocenters. The monoisotopic (exact) mass is 415 g/mol. The van der Waals surface area contributed by atoms with Gasteiger partial charge in [0.05, 0.1) is 22.3 Å². The molecule has 0 fully saturated rings. The summed E-state index contributed by atoms with van der Waals surface area (Å²) in [5.74, 6) is -0.145. The second kappa shape index (κ2) is 7.07. The van der Waals surface area contributed by atoms with E-state index >= 15 is 0 Å². The summed E-state index contributed by atoms with van der Waals surface area (Å²) in [5.41, 5.74) is 2.96. The molecule has 1 aliphatic rings. The van der Waals surface area contributed by atoms with Crippen LogP contribution in [0.5, 0.6) is 0 Å². The van der Waals surface area contributed by atoms with E-state index in [4.69, 9.17) is 11.6 Å². The number of sulfone groups is 1. The van der Waals surface area contributed by atoms with E-state index in [1.807, 2.05) is 18.2 Å². The van der Waals surface area contributed by atoms with Crippen molar-refractivity contribution in [3.63, 3.8) is 0 Å². The maximum Gasteiger partial charge on any atom is 0.257 e. The zero-order valence-corrected chi connectivity index (χ0v) is 16.7. The van der Waals surface area contributed by atoms with Gasteiger partial charge < -0.3 is 4.90 Å². The van der Waals surface area contributed by atoms with Crippen molar-refractivity contribution in [2.24, 2.45) is 0 Å². The van der Waals surface area contributed by atoms with Crippen molar-refractivity contribution in [3.05, 3.63) is 76.6 Å². The Hall–Kier alpha value is -2.64. The van der Waals surface area contributed by atoms with Gasteiger partial charge in [-0.15, -0.1) is 0 Å². The molecule has 8 heteroatoms. The number of nitrogens with zero attached hydrogens (tertiary/aromatic N) is 3. The molecule has 1 aromatic heterocycles. The highest BCUT2D eigenvalue weighted by atomic mass is 35.5. The first kappa shape index (κ1) is 18.7. The molecule has 1 amide bonds. The van der Waals surface area contributed by atoms with Gasteiger partial charge in [0.25, 0.3) is 5.91 Å². The van der Waals surface area contributed by atoms with E-state index in [2.05, 4.69) is 5.10 Å². The van der Waals surface area contributed by atoms with Crippen LogP contribution < -0.4 is 0 Å². The Balaban J connectivity index is 1.62. The lowest BCUT2D eigenvalue weighted by atomic mass is 9.99. The predicted molar refractivity (Wildman–Crippen MR) is 107 cm³/mol. The molecule has 0 bridgehead atoms. The number of halogens is 1. The van der Waals surface area contributed by atoms with Gasteiger partial charge in [-0.1, -0.05) is 35.9 Å². The van der Waals surface area contributed by atoms with Crippen LogP contribution in [-0.2, 0) is 22.8 Å². The van der Waals surface area contributed by atoms with E-state index in [9.17, 15) is 13.2 Å². The summed E-state index contributed by atoms with van der Waals surface area (Å²) in [5, 5.41) is 4.95. The molecule has 28 heavy (non-hydrogen) atoms. The van der Waals surface area contributed by atoms with Crippen LogP contribution >= 0.6 is 11.6 Å². The zero-order valence-electron chi connectivity index (χ0n) is 15.2. The molecule has 4 rings (SSSR count). The predicted octanol–water partition coefficient (Wildman–Crippen LogP) is 3.13. The first-order valence-electron chi connectivity index (χ1n) is 8.74. The molecule has 1 aliphatic heterocycles. The fourth-order valence-electron chi connectivity index (χ4n) is 3.44. The summed E-state index contributed by atoms with van der Waals surface area (Å²) in [6.45, 7) is 1.06. The normalized spacial score (nSPS) is 14.0. The number of amides is 1. The van der Waals surface area contributed by atoms with Gasteiger partial charge in [0.15, 0.2) is 9.84 Å². The second-order valence-corrected chi connectivity index (χ2v) is 9.16. The number of carbonyl (C=O) groups is 1. The summed E-state index contributed by atoms with van der Waals surface area (Å²) in [7, 11) is -3.42. The number of rotatable bonds is 3. The van der Waals surface area contributed by atoms with Crippen molar-refractivity contribution in [1.82, 2.24) is 14.7 Å². The van der Waals surface area contributed by atoms with E-state index in [0.29, 0.717) is 30.8 Å². The highest BCUT2D eigenvalue weighted by Crippen LogP contribution is 2.27. The number of hydrogen-bond donors (Lipinski definition) is 0. The maximum absolute atomic E-state index is 12.9. The topological polar surface area (TPSA) is 72.3 Å². The minimum Gasteiger partial charge on any atom is -0.334 e. The highest BCUT2D eigenvalue weighted by Gasteiger charge is 2.24. The maximum atomic E-state index is 12.9. The van der Waals surface area contributed by atoms with Gasteiger partial charge in [-0.3, -0.25) is 4.79 Å². The molecule has 2 aromatic carbocycles. The van der Waals surface area contributed by atoms with Gasteiger partial charge in [-0.2, -0.15) is 5.10 Å². The molecule has 0 saturated heterocycles. The van der Waals surface area contributed by atoms with E-state index in [1.54, 1.807) is 29.3 Å². The van der Waals surface area contributed by atoms with Crippen LogP contribution in [0, 0.1) is 0 Å². The Morgan fingerprint density at radius 2 is 1.93 bits per heavy atom. The van der Waals surface area contributed by atoms with Crippen LogP contribution in [0.2, 0.25) is 5.02 Å². The van der Waals surface area contributed by atoms with Crippen LogP contribution in [0.15, 0.2) is 59.8 Å². The van der Waals surface area contributed by atoms with Crippen LogP contribution in [0.3, 0.4) is 0 Å². The van der Waals surface area contributed by atoms with Crippen molar-refractivity contribution in [1.29, 1.82) is 0 Å². The Morgan fingerprint density at radius 3 is 2.71 bits per heavy atom. The first-order chi connectivity index (χ1) is 13.3. The quantitative estimate of drug-likeness (QED) is 0.658. The third-order valence-electron chi connectivity index (χ3n) is 4.84. The number of para-hydroxylation sites is 1. The van der Waals surface area contributed by atoms with Gasteiger partial charge in [0.2, 0.25) is 0 Å². The van der Waals surface area contributed by atoms with Crippen molar-refractivity contribution >= 4 is 27.3 Å². The third-order valence-corrected chi connectivity index (χ3v) is 6.34. The summed E-state index contributed by atoms with van der Waals surface area (Å²) >= 11 is 6.24. The zero-order chi connectivity index (χ0) is 19.9. The Labute approximate surface area is 168 Å². The lowest BCUT2D eigenvalue weighted by Crippen LogP contribution is -2.35. The van der Waals surface area contributed by atoms with Crippen molar-refractivity contribution in [3.8, 4) is 5.69 Å². The number of carbonyl (C=O) groups excluding carboxylic acids is 1. The molecule has 2 heterocycles. The van der Waals surface area contributed by atoms with Crippen LogP contribution in [0.1, 0.15) is 21.5 Å². The molecule has 0 saturated carbocycles. The van der Waals surface area contributed by atoms with Crippen LogP contribution in [-0.4, -0.2) is 41.8 Å². The smallest absolute Gasteiger partial charge is 0.257 e. The summed E-state index contributed by atoms with van der Waals surface area (Å²) < 4.78 is 25.5. The lowest BCUT2D eigenvalue weighted by molar-refractivity contribution is 0.0734. The van der Waals surface area contributed by atoms with E-state index in [0.717, 1.165) is 22.4 Å². The molecule has 144 valence electrons. The summed E-state index contributed by atoms with van der Waals surface area (Å²) in [6.07, 6.45) is 4.89. The molecular formula is C20H18ClN3O3S. The molecule has 0 spiro atoms. The number of aromatic nitrogens is 2. The molecule has 3 aromatic rings. The average Bonchev–Trinajstić information content (AvgIpc) is 3.17. The number of hydrogen-bond acceptors (Lipinski definition) is 4. The minimum absolute atomic E-state index is 0.145. The highest BCUT2D eigenvalue weighted by molar-refractivity contribution is 7.90. The van der Waals surface area contributed by atoms with Crippen molar-refractivity contribution in [2.75, 3.05) is 12.8 Å². The van der Waals surface area contributed by atoms with Gasteiger partial charge >= 0.3 is 0 Å². The fraction of sp³-hybridized carbons (Fsp3) is 0.200. The average molecular weight is 416 g/mol. The molecule has 0 aliphatic carbocycles. The van der Waals surface area contributed by atoms with Gasteiger partial charge in [0, 0.05) is 30.6 Å². The van der Waals surface area contributed by atoms with Crippen LogP contribution in [0.4, 0.5) is 0 Å². The molecule has 0 radical (unpaired) electrons. The standard InChI is InChI=1S/C20H18ClN3O3S/c1-28(26,27)19-8-3-2-7-18(19)24-13-15(11-22-24)20(25)23-10-9-16-14(12-23)5-4-6-17(16)21/h2-8,11,13H,9-10,12H2,1H3. The molecule has 0 N–H and O–H groups in total. The van der Waals surface area contributed by atoms with E-state index in [1.165, 1.54) is 16.9 Å². The van der Waals surface area contributed by atoms with Crippen molar-refractivity contribution < 1.29 is 13.2 Å². The summed E-state index contributed by atoms with van der Waals surface area (Å²) in [4.78, 5) is 14.9. The largest absolute Gasteiger partial charge is 0.334 e.